The summed E-state index contributed by atoms with van der Waals surface area (Å²) < 4.78 is 5.17. The van der Waals surface area contributed by atoms with E-state index in [4.69, 9.17) is 4.74 Å². The molecule has 0 aliphatic carbocycles. The molecule has 0 amide bonds. The molecule has 0 atom stereocenters. The van der Waals surface area contributed by atoms with Gasteiger partial charge < -0.3 is 9.64 Å². The number of methoxy groups -OCH3 is 1. The Kier molecular flexibility index (Phi) is 2.67. The highest BCUT2D eigenvalue weighted by Crippen LogP contribution is 2.22. The lowest BCUT2D eigenvalue weighted by atomic mass is 9.98. The third-order valence-electron chi connectivity index (χ3n) is 2.96. The summed E-state index contributed by atoms with van der Waals surface area (Å²) >= 11 is 0. The number of hydrogen-bond acceptors (Lipinski definition) is 2. The molecule has 1 heterocycles. The summed E-state index contributed by atoms with van der Waals surface area (Å²) in [5.74, 6) is 0.766. The molecular formula is C13H17NO. The van der Waals surface area contributed by atoms with Gasteiger partial charge in [-0.2, -0.15) is 0 Å². The molecular weight excluding hydrogens is 186 g/mol. The third-order valence-corrected chi connectivity index (χ3v) is 2.96. The molecule has 0 unspecified atom stereocenters. The maximum absolute atomic E-state index is 5.17. The predicted octanol–water partition coefficient (Wildman–Crippen LogP) is 2.47. The molecule has 0 spiro atoms. The molecule has 0 fully saturated rings. The summed E-state index contributed by atoms with van der Waals surface area (Å²) in [6.07, 6.45) is 1.08. The van der Waals surface area contributed by atoms with Crippen molar-refractivity contribution in [3.8, 4) is 0 Å². The quantitative estimate of drug-likeness (QED) is 0.685. The van der Waals surface area contributed by atoms with E-state index < -0.39 is 0 Å². The molecule has 1 aliphatic heterocycles. The van der Waals surface area contributed by atoms with Gasteiger partial charge in [0.2, 0.25) is 0 Å². The minimum Gasteiger partial charge on any atom is -0.483 e. The van der Waals surface area contributed by atoms with Crippen molar-refractivity contribution in [2.75, 3.05) is 13.7 Å². The SMILES string of the molecule is C=C(OC)N1CCc2ccc(C)cc2C1. The topological polar surface area (TPSA) is 12.5 Å². The number of benzene rings is 1. The summed E-state index contributed by atoms with van der Waals surface area (Å²) in [5, 5.41) is 0. The van der Waals surface area contributed by atoms with Gasteiger partial charge in [-0.15, -0.1) is 0 Å². The van der Waals surface area contributed by atoms with Crippen molar-refractivity contribution >= 4 is 0 Å². The molecule has 0 N–H and O–H groups in total. The maximum Gasteiger partial charge on any atom is 0.181 e. The highest BCUT2D eigenvalue weighted by molar-refractivity contribution is 5.33. The van der Waals surface area contributed by atoms with Crippen molar-refractivity contribution in [3.63, 3.8) is 0 Å². The molecule has 0 radical (unpaired) electrons. The predicted molar refractivity (Wildman–Crippen MR) is 61.4 cm³/mol. The van der Waals surface area contributed by atoms with E-state index in [0.717, 1.165) is 25.4 Å². The number of hydrogen-bond donors (Lipinski definition) is 0. The van der Waals surface area contributed by atoms with Crippen molar-refractivity contribution in [1.29, 1.82) is 0 Å². The first kappa shape index (κ1) is 10.1. The van der Waals surface area contributed by atoms with Crippen molar-refractivity contribution < 1.29 is 4.74 Å². The maximum atomic E-state index is 5.17. The molecule has 0 saturated carbocycles. The molecule has 80 valence electrons. The van der Waals surface area contributed by atoms with Gasteiger partial charge in [0.15, 0.2) is 5.88 Å². The fraction of sp³-hybridized carbons (Fsp3) is 0.385. The summed E-state index contributed by atoms with van der Waals surface area (Å²) in [4.78, 5) is 2.18. The summed E-state index contributed by atoms with van der Waals surface area (Å²) in [7, 11) is 1.67. The van der Waals surface area contributed by atoms with Crippen molar-refractivity contribution in [3.05, 3.63) is 47.4 Å². The van der Waals surface area contributed by atoms with Gasteiger partial charge in [0.05, 0.1) is 7.11 Å². The van der Waals surface area contributed by atoms with Crippen LogP contribution in [0.2, 0.25) is 0 Å². The Labute approximate surface area is 91.2 Å². The van der Waals surface area contributed by atoms with Gasteiger partial charge >= 0.3 is 0 Å². The van der Waals surface area contributed by atoms with Crippen LogP contribution in [0.25, 0.3) is 0 Å². The number of aryl methyl sites for hydroxylation is 1. The van der Waals surface area contributed by atoms with Crippen LogP contribution in [0.4, 0.5) is 0 Å². The molecule has 2 heteroatoms. The van der Waals surface area contributed by atoms with E-state index >= 15 is 0 Å². The molecule has 0 bridgehead atoms. The first-order valence-corrected chi connectivity index (χ1v) is 5.27. The lowest BCUT2D eigenvalue weighted by molar-refractivity contribution is 0.144. The average molecular weight is 203 g/mol. The van der Waals surface area contributed by atoms with Gasteiger partial charge in [0.1, 0.15) is 0 Å². The molecule has 0 saturated heterocycles. The largest absolute Gasteiger partial charge is 0.483 e. The van der Waals surface area contributed by atoms with Crippen LogP contribution in [-0.2, 0) is 17.7 Å². The average Bonchev–Trinajstić information content (AvgIpc) is 2.27. The van der Waals surface area contributed by atoms with Gasteiger partial charge in [-0.1, -0.05) is 23.8 Å². The number of ether oxygens (including phenoxy) is 1. The molecule has 15 heavy (non-hydrogen) atoms. The Bertz CT molecular complexity index is 384. The van der Waals surface area contributed by atoms with E-state index in [2.05, 4.69) is 36.6 Å². The standard InChI is InChI=1S/C13H17NO/c1-10-4-5-12-6-7-14(11(2)15-3)9-13(12)8-10/h4-5,8H,2,6-7,9H2,1,3H3. The van der Waals surface area contributed by atoms with Gasteiger partial charge in [-0.05, 0) is 31.1 Å². The van der Waals surface area contributed by atoms with Crippen LogP contribution >= 0.6 is 0 Å². The van der Waals surface area contributed by atoms with Crippen LogP contribution in [0.3, 0.4) is 0 Å². The third kappa shape index (κ3) is 1.99. The molecule has 1 aromatic carbocycles. The van der Waals surface area contributed by atoms with Crippen molar-refractivity contribution in [1.82, 2.24) is 4.90 Å². The molecule has 2 rings (SSSR count). The Morgan fingerprint density at radius 3 is 2.93 bits per heavy atom. The van der Waals surface area contributed by atoms with E-state index in [1.165, 1.54) is 16.7 Å². The first-order chi connectivity index (χ1) is 7.20. The van der Waals surface area contributed by atoms with E-state index in [1.54, 1.807) is 7.11 Å². The van der Waals surface area contributed by atoms with Gasteiger partial charge in [-0.3, -0.25) is 0 Å². The lowest BCUT2D eigenvalue weighted by Gasteiger charge is -2.31. The summed E-state index contributed by atoms with van der Waals surface area (Å²) in [6.45, 7) is 7.95. The van der Waals surface area contributed by atoms with Gasteiger partial charge in [0.25, 0.3) is 0 Å². The zero-order valence-corrected chi connectivity index (χ0v) is 9.42. The smallest absolute Gasteiger partial charge is 0.181 e. The fourth-order valence-electron chi connectivity index (χ4n) is 2.03. The van der Waals surface area contributed by atoms with E-state index in [-0.39, 0.29) is 0 Å². The van der Waals surface area contributed by atoms with E-state index in [1.807, 2.05) is 0 Å². The number of fused-ring (bicyclic) bond motifs is 1. The number of rotatable bonds is 2. The van der Waals surface area contributed by atoms with E-state index in [0.29, 0.717) is 0 Å². The van der Waals surface area contributed by atoms with E-state index in [9.17, 15) is 0 Å². The lowest BCUT2D eigenvalue weighted by Crippen LogP contribution is -2.30. The van der Waals surface area contributed by atoms with Crippen LogP contribution < -0.4 is 0 Å². The Morgan fingerprint density at radius 2 is 2.20 bits per heavy atom. The minimum atomic E-state index is 0.766. The molecule has 1 aromatic rings. The highest BCUT2D eigenvalue weighted by Gasteiger charge is 2.17. The molecule has 2 nitrogen and oxygen atoms in total. The first-order valence-electron chi connectivity index (χ1n) is 5.27. The highest BCUT2D eigenvalue weighted by atomic mass is 16.5. The zero-order chi connectivity index (χ0) is 10.8. The summed E-state index contributed by atoms with van der Waals surface area (Å²) in [5.41, 5.74) is 4.18. The fourth-order valence-corrected chi connectivity index (χ4v) is 2.03. The van der Waals surface area contributed by atoms with Crippen molar-refractivity contribution in [2.45, 2.75) is 19.9 Å². The normalized spacial score (nSPS) is 14.7. The molecule has 1 aliphatic rings. The Morgan fingerprint density at radius 1 is 1.40 bits per heavy atom. The van der Waals surface area contributed by atoms with Crippen LogP contribution in [0.5, 0.6) is 0 Å². The zero-order valence-electron chi connectivity index (χ0n) is 9.42. The van der Waals surface area contributed by atoms with Crippen LogP contribution in [0.15, 0.2) is 30.7 Å². The van der Waals surface area contributed by atoms with Crippen LogP contribution in [-0.4, -0.2) is 18.6 Å². The van der Waals surface area contributed by atoms with Crippen LogP contribution in [0, 0.1) is 6.92 Å². The second-order valence-corrected chi connectivity index (χ2v) is 4.04. The second-order valence-electron chi connectivity index (χ2n) is 4.04. The summed E-state index contributed by atoms with van der Waals surface area (Å²) in [6, 6.07) is 6.67. The Balaban J connectivity index is 2.22. The second kappa shape index (κ2) is 3.97. The monoisotopic (exact) mass is 203 g/mol. The van der Waals surface area contributed by atoms with Crippen molar-refractivity contribution in [2.24, 2.45) is 0 Å². The van der Waals surface area contributed by atoms with Gasteiger partial charge in [0, 0.05) is 13.1 Å². The van der Waals surface area contributed by atoms with Crippen LogP contribution in [0.1, 0.15) is 16.7 Å². The van der Waals surface area contributed by atoms with Gasteiger partial charge in [-0.25, -0.2) is 0 Å². The number of nitrogens with zero attached hydrogens (tertiary/aromatic N) is 1. The Hall–Kier alpha value is -1.44. The molecule has 0 aromatic heterocycles. The minimum absolute atomic E-state index is 0.766.